The van der Waals surface area contributed by atoms with Crippen LogP contribution in [0.5, 0.6) is 0 Å². The normalized spacial score (nSPS) is 17.6. The van der Waals surface area contributed by atoms with Gasteiger partial charge < -0.3 is 10.2 Å². The first-order valence-electron chi connectivity index (χ1n) is 7.91. The molecular weight excluding hydrogens is 324 g/mol. The van der Waals surface area contributed by atoms with E-state index in [-0.39, 0.29) is 24.4 Å². The molecule has 1 unspecified atom stereocenters. The van der Waals surface area contributed by atoms with Crippen LogP contribution in [0.4, 0.5) is 10.8 Å². The molecule has 2 amide bonds. The predicted molar refractivity (Wildman–Crippen MR) is 95.2 cm³/mol. The fourth-order valence-corrected chi connectivity index (χ4v) is 3.39. The number of amides is 2. The number of anilines is 2. The molecule has 24 heavy (non-hydrogen) atoms. The Bertz CT molecular complexity index is 690. The van der Waals surface area contributed by atoms with Crippen molar-refractivity contribution in [3.05, 3.63) is 41.9 Å². The number of rotatable bonds is 5. The van der Waals surface area contributed by atoms with Crippen LogP contribution in [0, 0.1) is 0 Å². The highest BCUT2D eigenvalue weighted by Gasteiger charge is 2.32. The third kappa shape index (κ3) is 3.80. The Morgan fingerprint density at radius 2 is 2.17 bits per heavy atom. The molecule has 1 saturated heterocycles. The molecule has 3 rings (SSSR count). The molecule has 126 valence electrons. The Balaban J connectivity index is 1.61. The molecule has 2 heterocycles. The second-order valence-electron chi connectivity index (χ2n) is 5.74. The summed E-state index contributed by atoms with van der Waals surface area (Å²) in [4.78, 5) is 32.6. The SMILES string of the molecule is CN(C(=O)CN1CCCC1C(=O)Nc1nccs1)c1ccccc1. The van der Waals surface area contributed by atoms with Crippen molar-refractivity contribution in [1.29, 1.82) is 0 Å². The quantitative estimate of drug-likeness (QED) is 0.903. The van der Waals surface area contributed by atoms with Crippen LogP contribution in [0.25, 0.3) is 0 Å². The molecule has 7 heteroatoms. The molecule has 0 bridgehead atoms. The molecule has 0 aliphatic carbocycles. The van der Waals surface area contributed by atoms with Gasteiger partial charge in [0.15, 0.2) is 5.13 Å². The van der Waals surface area contributed by atoms with E-state index in [0.29, 0.717) is 5.13 Å². The summed E-state index contributed by atoms with van der Waals surface area (Å²) in [6, 6.07) is 9.24. The van der Waals surface area contributed by atoms with Crippen molar-refractivity contribution in [1.82, 2.24) is 9.88 Å². The zero-order chi connectivity index (χ0) is 16.9. The largest absolute Gasteiger partial charge is 0.314 e. The van der Waals surface area contributed by atoms with E-state index in [1.807, 2.05) is 40.6 Å². The van der Waals surface area contributed by atoms with E-state index in [2.05, 4.69) is 10.3 Å². The molecule has 1 N–H and O–H groups in total. The highest BCUT2D eigenvalue weighted by atomic mass is 32.1. The molecule has 6 nitrogen and oxygen atoms in total. The van der Waals surface area contributed by atoms with Gasteiger partial charge in [-0.25, -0.2) is 4.98 Å². The predicted octanol–water partition coefficient (Wildman–Crippen LogP) is 2.21. The zero-order valence-corrected chi connectivity index (χ0v) is 14.3. The summed E-state index contributed by atoms with van der Waals surface area (Å²) in [5, 5.41) is 5.25. The number of carbonyl (C=O) groups excluding carboxylic acids is 2. The molecule has 1 aromatic carbocycles. The van der Waals surface area contributed by atoms with Crippen LogP contribution in [-0.2, 0) is 9.59 Å². The standard InChI is InChI=1S/C17H20N4O2S/c1-20(13-6-3-2-4-7-13)15(22)12-21-10-5-8-14(21)16(23)19-17-18-9-11-24-17/h2-4,6-7,9,11,14H,5,8,10,12H2,1H3,(H,18,19,23). The lowest BCUT2D eigenvalue weighted by Gasteiger charge is -2.25. The highest BCUT2D eigenvalue weighted by Crippen LogP contribution is 2.21. The Kier molecular flexibility index (Phi) is 5.22. The number of hydrogen-bond acceptors (Lipinski definition) is 5. The molecule has 1 fully saturated rings. The van der Waals surface area contributed by atoms with Gasteiger partial charge in [-0.15, -0.1) is 11.3 Å². The first-order chi connectivity index (χ1) is 11.6. The van der Waals surface area contributed by atoms with Crippen molar-refractivity contribution in [3.63, 3.8) is 0 Å². The number of nitrogens with zero attached hydrogens (tertiary/aromatic N) is 3. The van der Waals surface area contributed by atoms with Crippen molar-refractivity contribution in [2.45, 2.75) is 18.9 Å². The average Bonchev–Trinajstić information content (AvgIpc) is 3.26. The van der Waals surface area contributed by atoms with E-state index >= 15 is 0 Å². The van der Waals surface area contributed by atoms with Crippen LogP contribution in [-0.4, -0.2) is 47.9 Å². The van der Waals surface area contributed by atoms with Gasteiger partial charge in [0, 0.05) is 24.3 Å². The van der Waals surface area contributed by atoms with Gasteiger partial charge in [-0.1, -0.05) is 18.2 Å². The lowest BCUT2D eigenvalue weighted by atomic mass is 10.2. The van der Waals surface area contributed by atoms with Gasteiger partial charge in [0.25, 0.3) is 0 Å². The van der Waals surface area contributed by atoms with Crippen LogP contribution >= 0.6 is 11.3 Å². The van der Waals surface area contributed by atoms with E-state index < -0.39 is 0 Å². The number of thiazole rings is 1. The van der Waals surface area contributed by atoms with E-state index in [1.54, 1.807) is 18.1 Å². The smallest absolute Gasteiger partial charge is 0.243 e. The summed E-state index contributed by atoms with van der Waals surface area (Å²) < 4.78 is 0. The van der Waals surface area contributed by atoms with E-state index in [9.17, 15) is 9.59 Å². The second kappa shape index (κ2) is 7.55. The average molecular weight is 344 g/mol. The number of hydrogen-bond donors (Lipinski definition) is 1. The molecule has 2 aromatic rings. The van der Waals surface area contributed by atoms with Crippen LogP contribution in [0.15, 0.2) is 41.9 Å². The summed E-state index contributed by atoms with van der Waals surface area (Å²) in [6.07, 6.45) is 3.34. The van der Waals surface area contributed by atoms with Gasteiger partial charge in [0.05, 0.1) is 12.6 Å². The number of nitrogens with one attached hydrogen (secondary N) is 1. The Morgan fingerprint density at radius 3 is 2.88 bits per heavy atom. The Hall–Kier alpha value is -2.25. The van der Waals surface area contributed by atoms with E-state index in [0.717, 1.165) is 25.1 Å². The second-order valence-corrected chi connectivity index (χ2v) is 6.64. The highest BCUT2D eigenvalue weighted by molar-refractivity contribution is 7.13. The molecular formula is C17H20N4O2S. The van der Waals surface area contributed by atoms with Crippen molar-refractivity contribution < 1.29 is 9.59 Å². The topological polar surface area (TPSA) is 65.5 Å². The molecule has 0 saturated carbocycles. The lowest BCUT2D eigenvalue weighted by Crippen LogP contribution is -2.45. The van der Waals surface area contributed by atoms with E-state index in [1.165, 1.54) is 11.3 Å². The number of aromatic nitrogens is 1. The van der Waals surface area contributed by atoms with Crippen LogP contribution in [0.3, 0.4) is 0 Å². The molecule has 1 atom stereocenters. The first kappa shape index (κ1) is 16.6. The summed E-state index contributed by atoms with van der Waals surface area (Å²) in [6.45, 7) is 0.992. The Labute approximate surface area is 145 Å². The fraction of sp³-hybridized carbons (Fsp3) is 0.353. The lowest BCUT2D eigenvalue weighted by molar-refractivity contribution is -0.123. The van der Waals surface area contributed by atoms with Gasteiger partial charge in [-0.3, -0.25) is 14.5 Å². The zero-order valence-electron chi connectivity index (χ0n) is 13.5. The van der Waals surface area contributed by atoms with Gasteiger partial charge in [-0.2, -0.15) is 0 Å². The summed E-state index contributed by atoms with van der Waals surface area (Å²) in [5.41, 5.74) is 0.852. The summed E-state index contributed by atoms with van der Waals surface area (Å²) in [7, 11) is 1.76. The monoisotopic (exact) mass is 344 g/mol. The minimum absolute atomic E-state index is 0.0184. The van der Waals surface area contributed by atoms with E-state index in [4.69, 9.17) is 0 Å². The molecule has 0 radical (unpaired) electrons. The molecule has 1 aliphatic rings. The van der Waals surface area contributed by atoms with Crippen LogP contribution in [0.2, 0.25) is 0 Å². The number of para-hydroxylation sites is 1. The third-order valence-electron chi connectivity index (χ3n) is 4.18. The van der Waals surface area contributed by atoms with Crippen LogP contribution in [0.1, 0.15) is 12.8 Å². The third-order valence-corrected chi connectivity index (χ3v) is 4.87. The summed E-state index contributed by atoms with van der Waals surface area (Å²) >= 11 is 1.39. The van der Waals surface area contributed by atoms with Gasteiger partial charge in [0.1, 0.15) is 0 Å². The maximum Gasteiger partial charge on any atom is 0.243 e. The van der Waals surface area contributed by atoms with Gasteiger partial charge in [-0.05, 0) is 31.5 Å². The number of benzene rings is 1. The number of likely N-dealkylation sites (N-methyl/N-ethyl adjacent to an activating group) is 1. The maximum absolute atomic E-state index is 12.5. The van der Waals surface area contributed by atoms with Gasteiger partial charge >= 0.3 is 0 Å². The minimum atomic E-state index is -0.276. The van der Waals surface area contributed by atoms with Crippen molar-refractivity contribution in [2.24, 2.45) is 0 Å². The summed E-state index contributed by atoms with van der Waals surface area (Å²) in [5.74, 6) is -0.104. The maximum atomic E-state index is 12.5. The molecule has 0 spiro atoms. The van der Waals surface area contributed by atoms with Crippen molar-refractivity contribution in [2.75, 3.05) is 30.4 Å². The minimum Gasteiger partial charge on any atom is -0.314 e. The van der Waals surface area contributed by atoms with Crippen LogP contribution < -0.4 is 10.2 Å². The fourth-order valence-electron chi connectivity index (χ4n) is 2.86. The number of likely N-dealkylation sites (tertiary alicyclic amines) is 1. The molecule has 1 aromatic heterocycles. The molecule has 1 aliphatic heterocycles. The van der Waals surface area contributed by atoms with Crippen molar-refractivity contribution >= 4 is 34.0 Å². The first-order valence-corrected chi connectivity index (χ1v) is 8.79. The van der Waals surface area contributed by atoms with Crippen molar-refractivity contribution in [3.8, 4) is 0 Å². The Morgan fingerprint density at radius 1 is 1.38 bits per heavy atom. The number of carbonyl (C=O) groups is 2. The van der Waals surface area contributed by atoms with Gasteiger partial charge in [0.2, 0.25) is 11.8 Å².